The molecule has 17 heavy (non-hydrogen) atoms. The van der Waals surface area contributed by atoms with Gasteiger partial charge in [0.2, 0.25) is 0 Å². The smallest absolute Gasteiger partial charge is 0.267 e. The van der Waals surface area contributed by atoms with Crippen LogP contribution in [-0.2, 0) is 6.42 Å². The molecule has 0 amide bonds. The van der Waals surface area contributed by atoms with Crippen molar-refractivity contribution in [2.75, 3.05) is 20.8 Å². The SMILES string of the molecule is COc1cc(OC)c(C(F)F)cc1CCCO. The lowest BCUT2D eigenvalue weighted by atomic mass is 10.0. The van der Waals surface area contributed by atoms with Crippen LogP contribution in [0.5, 0.6) is 11.5 Å². The highest BCUT2D eigenvalue weighted by Crippen LogP contribution is 2.35. The van der Waals surface area contributed by atoms with Gasteiger partial charge >= 0.3 is 0 Å². The van der Waals surface area contributed by atoms with E-state index in [1.807, 2.05) is 0 Å². The van der Waals surface area contributed by atoms with E-state index in [1.165, 1.54) is 26.4 Å². The first-order valence-electron chi connectivity index (χ1n) is 5.27. The van der Waals surface area contributed by atoms with Crippen LogP contribution in [0, 0.1) is 0 Å². The van der Waals surface area contributed by atoms with Gasteiger partial charge < -0.3 is 14.6 Å². The van der Waals surface area contributed by atoms with Gasteiger partial charge in [-0.05, 0) is 24.5 Å². The van der Waals surface area contributed by atoms with Crippen molar-refractivity contribution in [2.24, 2.45) is 0 Å². The summed E-state index contributed by atoms with van der Waals surface area (Å²) >= 11 is 0. The van der Waals surface area contributed by atoms with E-state index in [4.69, 9.17) is 14.6 Å². The van der Waals surface area contributed by atoms with Crippen molar-refractivity contribution in [2.45, 2.75) is 19.3 Å². The average molecular weight is 246 g/mol. The fourth-order valence-electron chi connectivity index (χ4n) is 1.63. The van der Waals surface area contributed by atoms with E-state index in [2.05, 4.69) is 0 Å². The Morgan fingerprint density at radius 2 is 1.82 bits per heavy atom. The zero-order chi connectivity index (χ0) is 12.8. The van der Waals surface area contributed by atoms with Crippen molar-refractivity contribution >= 4 is 0 Å². The number of halogens is 2. The fourth-order valence-corrected chi connectivity index (χ4v) is 1.63. The maximum Gasteiger partial charge on any atom is 0.267 e. The fraction of sp³-hybridized carbons (Fsp3) is 0.500. The summed E-state index contributed by atoms with van der Waals surface area (Å²) < 4.78 is 35.6. The lowest BCUT2D eigenvalue weighted by Gasteiger charge is -2.14. The van der Waals surface area contributed by atoms with Crippen LogP contribution in [0.2, 0.25) is 0 Å². The van der Waals surface area contributed by atoms with Gasteiger partial charge in [0.1, 0.15) is 11.5 Å². The highest BCUT2D eigenvalue weighted by Gasteiger charge is 2.17. The Morgan fingerprint density at radius 1 is 1.18 bits per heavy atom. The molecule has 3 nitrogen and oxygen atoms in total. The van der Waals surface area contributed by atoms with Gasteiger partial charge in [0.25, 0.3) is 6.43 Å². The minimum absolute atomic E-state index is 0.0131. The van der Waals surface area contributed by atoms with Gasteiger partial charge in [-0.3, -0.25) is 0 Å². The summed E-state index contributed by atoms with van der Waals surface area (Å²) in [5.41, 5.74) is 0.499. The summed E-state index contributed by atoms with van der Waals surface area (Å²) in [6, 6.07) is 2.83. The number of hydrogen-bond donors (Lipinski definition) is 1. The summed E-state index contributed by atoms with van der Waals surface area (Å²) in [7, 11) is 2.81. The summed E-state index contributed by atoms with van der Waals surface area (Å²) in [4.78, 5) is 0. The van der Waals surface area contributed by atoms with E-state index in [0.29, 0.717) is 24.2 Å². The number of ether oxygens (including phenoxy) is 2. The molecule has 1 rings (SSSR count). The highest BCUT2D eigenvalue weighted by molar-refractivity contribution is 5.47. The van der Waals surface area contributed by atoms with E-state index in [-0.39, 0.29) is 17.9 Å². The van der Waals surface area contributed by atoms with Crippen molar-refractivity contribution in [1.82, 2.24) is 0 Å². The number of benzene rings is 1. The van der Waals surface area contributed by atoms with E-state index in [1.54, 1.807) is 0 Å². The number of hydrogen-bond acceptors (Lipinski definition) is 3. The number of methoxy groups -OCH3 is 2. The molecule has 1 aromatic carbocycles. The minimum Gasteiger partial charge on any atom is -0.496 e. The lowest BCUT2D eigenvalue weighted by Crippen LogP contribution is -2.00. The molecule has 1 N–H and O–H groups in total. The van der Waals surface area contributed by atoms with Crippen LogP contribution >= 0.6 is 0 Å². The standard InChI is InChI=1S/C12H16F2O3/c1-16-10-7-11(17-2)9(12(13)14)6-8(10)4-3-5-15/h6-7,12,15H,3-5H2,1-2H3. The number of aliphatic hydroxyl groups excluding tert-OH is 1. The molecule has 0 bridgehead atoms. The summed E-state index contributed by atoms with van der Waals surface area (Å²) in [5.74, 6) is 0.615. The second-order valence-electron chi connectivity index (χ2n) is 3.53. The van der Waals surface area contributed by atoms with Gasteiger partial charge in [-0.25, -0.2) is 8.78 Å². The van der Waals surface area contributed by atoms with Crippen LogP contribution in [0.3, 0.4) is 0 Å². The molecule has 0 saturated heterocycles. The molecule has 0 heterocycles. The monoisotopic (exact) mass is 246 g/mol. The van der Waals surface area contributed by atoms with Crippen LogP contribution in [0.1, 0.15) is 24.0 Å². The molecule has 0 radical (unpaired) electrons. The van der Waals surface area contributed by atoms with Crippen LogP contribution in [0.4, 0.5) is 8.78 Å². The van der Waals surface area contributed by atoms with Crippen molar-refractivity contribution in [3.63, 3.8) is 0 Å². The van der Waals surface area contributed by atoms with Gasteiger partial charge in [-0.1, -0.05) is 0 Å². The van der Waals surface area contributed by atoms with Gasteiger partial charge in [0.15, 0.2) is 0 Å². The molecule has 5 heteroatoms. The topological polar surface area (TPSA) is 38.7 Å². The maximum absolute atomic E-state index is 12.8. The van der Waals surface area contributed by atoms with Crippen LogP contribution in [0.15, 0.2) is 12.1 Å². The molecule has 0 aliphatic carbocycles. The Balaban J connectivity index is 3.14. The normalized spacial score (nSPS) is 10.7. The predicted octanol–water partition coefficient (Wildman–Crippen LogP) is 2.57. The van der Waals surface area contributed by atoms with Gasteiger partial charge in [0.05, 0.1) is 19.8 Å². The summed E-state index contributed by atoms with van der Waals surface area (Å²) in [6.45, 7) is 0.0131. The Morgan fingerprint density at radius 3 is 2.29 bits per heavy atom. The molecule has 0 saturated carbocycles. The zero-order valence-electron chi connectivity index (χ0n) is 9.87. The summed E-state index contributed by atoms with van der Waals surface area (Å²) in [5, 5.41) is 8.76. The van der Waals surface area contributed by atoms with Crippen molar-refractivity contribution in [3.8, 4) is 11.5 Å². The van der Waals surface area contributed by atoms with E-state index in [9.17, 15) is 8.78 Å². The molecule has 0 aliphatic heterocycles. The van der Waals surface area contributed by atoms with Crippen LogP contribution < -0.4 is 9.47 Å². The molecule has 0 unspecified atom stereocenters. The first-order chi connectivity index (χ1) is 8.13. The first-order valence-corrected chi connectivity index (χ1v) is 5.27. The Bertz CT molecular complexity index is 367. The minimum atomic E-state index is -2.59. The summed E-state index contributed by atoms with van der Waals surface area (Å²) in [6.07, 6.45) is -1.60. The lowest BCUT2D eigenvalue weighted by molar-refractivity contribution is 0.147. The van der Waals surface area contributed by atoms with E-state index in [0.717, 1.165) is 0 Å². The first kappa shape index (κ1) is 13.7. The predicted molar refractivity (Wildman–Crippen MR) is 59.9 cm³/mol. The highest BCUT2D eigenvalue weighted by atomic mass is 19.3. The zero-order valence-corrected chi connectivity index (χ0v) is 9.87. The van der Waals surface area contributed by atoms with Gasteiger partial charge in [-0.2, -0.15) is 0 Å². The molecule has 0 atom stereocenters. The van der Waals surface area contributed by atoms with Crippen molar-refractivity contribution in [3.05, 3.63) is 23.3 Å². The van der Waals surface area contributed by atoms with Gasteiger partial charge in [-0.15, -0.1) is 0 Å². The molecular formula is C12H16F2O3. The second kappa shape index (κ2) is 6.39. The van der Waals surface area contributed by atoms with Crippen LogP contribution in [0.25, 0.3) is 0 Å². The van der Waals surface area contributed by atoms with Crippen molar-refractivity contribution < 1.29 is 23.4 Å². The van der Waals surface area contributed by atoms with Crippen LogP contribution in [-0.4, -0.2) is 25.9 Å². The molecule has 1 aromatic rings. The van der Waals surface area contributed by atoms with Crippen molar-refractivity contribution in [1.29, 1.82) is 0 Å². The number of rotatable bonds is 6. The Kier molecular flexibility index (Phi) is 5.15. The Labute approximate surface area is 99.0 Å². The Hall–Kier alpha value is -1.36. The molecule has 0 spiro atoms. The largest absolute Gasteiger partial charge is 0.496 e. The molecule has 0 aliphatic rings. The number of aliphatic hydroxyl groups is 1. The van der Waals surface area contributed by atoms with E-state index >= 15 is 0 Å². The number of aryl methyl sites for hydroxylation is 1. The third-order valence-corrected chi connectivity index (χ3v) is 2.47. The van der Waals surface area contributed by atoms with E-state index < -0.39 is 6.43 Å². The second-order valence-corrected chi connectivity index (χ2v) is 3.53. The third kappa shape index (κ3) is 3.30. The maximum atomic E-state index is 12.8. The van der Waals surface area contributed by atoms with Gasteiger partial charge in [0, 0.05) is 12.7 Å². The molecule has 0 fully saturated rings. The third-order valence-electron chi connectivity index (χ3n) is 2.47. The molecule has 96 valence electrons. The molecule has 0 aromatic heterocycles. The molecular weight excluding hydrogens is 230 g/mol. The number of alkyl halides is 2. The average Bonchev–Trinajstić information content (AvgIpc) is 2.34. The quantitative estimate of drug-likeness (QED) is 0.838.